The van der Waals surface area contributed by atoms with Gasteiger partial charge in [0.2, 0.25) is 11.8 Å². The molecule has 0 unspecified atom stereocenters. The number of carbonyl (C=O) groups is 2. The first kappa shape index (κ1) is 15.0. The van der Waals surface area contributed by atoms with E-state index in [1.54, 1.807) is 18.2 Å². The zero-order valence-corrected chi connectivity index (χ0v) is 12.6. The molecule has 0 bridgehead atoms. The molecule has 1 aromatic rings. The van der Waals surface area contributed by atoms with Crippen LogP contribution in [0.5, 0.6) is 0 Å². The summed E-state index contributed by atoms with van der Waals surface area (Å²) in [7, 11) is 0. The van der Waals surface area contributed by atoms with Crippen LogP contribution in [0, 0.1) is 11.7 Å². The quantitative estimate of drug-likeness (QED) is 0.933. The number of carbonyl (C=O) groups excluding carboxylic acids is 2. The van der Waals surface area contributed by atoms with Crippen molar-refractivity contribution in [1.29, 1.82) is 0 Å². The number of benzene rings is 1. The highest BCUT2D eigenvalue weighted by Gasteiger charge is 2.36. The van der Waals surface area contributed by atoms with E-state index in [-0.39, 0.29) is 42.4 Å². The Kier molecular flexibility index (Phi) is 4.41. The molecule has 1 saturated carbocycles. The molecule has 1 saturated heterocycles. The first-order valence-corrected chi connectivity index (χ1v) is 8.00. The number of amides is 2. The molecule has 0 radical (unpaired) electrons. The van der Waals surface area contributed by atoms with E-state index in [4.69, 9.17) is 0 Å². The molecular formula is C17H21FN2O2. The lowest BCUT2D eigenvalue weighted by molar-refractivity contribution is -0.127. The van der Waals surface area contributed by atoms with Gasteiger partial charge in [-0.25, -0.2) is 4.39 Å². The van der Waals surface area contributed by atoms with Crippen molar-refractivity contribution in [2.45, 2.75) is 44.6 Å². The van der Waals surface area contributed by atoms with E-state index in [0.29, 0.717) is 0 Å². The number of rotatable bonds is 3. The van der Waals surface area contributed by atoms with Crippen LogP contribution in [-0.4, -0.2) is 24.4 Å². The Morgan fingerprint density at radius 3 is 2.64 bits per heavy atom. The van der Waals surface area contributed by atoms with Crippen LogP contribution in [0.2, 0.25) is 0 Å². The van der Waals surface area contributed by atoms with E-state index < -0.39 is 5.82 Å². The summed E-state index contributed by atoms with van der Waals surface area (Å²) < 4.78 is 13.8. The van der Waals surface area contributed by atoms with Crippen LogP contribution in [0.1, 0.15) is 38.5 Å². The van der Waals surface area contributed by atoms with Gasteiger partial charge in [-0.05, 0) is 25.0 Å². The smallest absolute Gasteiger partial charge is 0.227 e. The molecule has 1 heterocycles. The van der Waals surface area contributed by atoms with E-state index in [2.05, 4.69) is 5.32 Å². The predicted octanol–water partition coefficient (Wildman–Crippen LogP) is 2.63. The SMILES string of the molecule is O=C(NC1CCCCC1)[C@@H]1CC(=O)N(c2ccccc2F)C1. The van der Waals surface area contributed by atoms with Gasteiger partial charge in [-0.2, -0.15) is 0 Å². The summed E-state index contributed by atoms with van der Waals surface area (Å²) in [6, 6.07) is 6.43. The van der Waals surface area contributed by atoms with E-state index >= 15 is 0 Å². The predicted molar refractivity (Wildman–Crippen MR) is 81.9 cm³/mol. The first-order valence-electron chi connectivity index (χ1n) is 8.00. The zero-order valence-electron chi connectivity index (χ0n) is 12.6. The molecule has 0 aromatic heterocycles. The summed E-state index contributed by atoms with van der Waals surface area (Å²) >= 11 is 0. The van der Waals surface area contributed by atoms with Gasteiger partial charge in [0.15, 0.2) is 0 Å². The Labute approximate surface area is 129 Å². The molecule has 1 atom stereocenters. The lowest BCUT2D eigenvalue weighted by Gasteiger charge is -2.24. The van der Waals surface area contributed by atoms with Crippen molar-refractivity contribution in [1.82, 2.24) is 5.32 Å². The van der Waals surface area contributed by atoms with Crippen LogP contribution in [0.15, 0.2) is 24.3 Å². The highest BCUT2D eigenvalue weighted by molar-refractivity contribution is 6.00. The van der Waals surface area contributed by atoms with Gasteiger partial charge in [0, 0.05) is 19.0 Å². The van der Waals surface area contributed by atoms with Crippen LogP contribution in [0.4, 0.5) is 10.1 Å². The largest absolute Gasteiger partial charge is 0.353 e. The van der Waals surface area contributed by atoms with Gasteiger partial charge in [-0.15, -0.1) is 0 Å². The van der Waals surface area contributed by atoms with E-state index in [1.807, 2.05) is 0 Å². The molecule has 2 amide bonds. The highest BCUT2D eigenvalue weighted by atomic mass is 19.1. The average molecular weight is 304 g/mol. The molecule has 1 aromatic carbocycles. The Morgan fingerprint density at radius 2 is 1.91 bits per heavy atom. The Hall–Kier alpha value is -1.91. The fourth-order valence-corrected chi connectivity index (χ4v) is 3.35. The van der Waals surface area contributed by atoms with Crippen molar-refractivity contribution in [3.05, 3.63) is 30.1 Å². The minimum Gasteiger partial charge on any atom is -0.353 e. The Balaban J connectivity index is 1.64. The zero-order chi connectivity index (χ0) is 15.5. The fourth-order valence-electron chi connectivity index (χ4n) is 3.35. The third-order valence-corrected chi connectivity index (χ3v) is 4.59. The van der Waals surface area contributed by atoms with Gasteiger partial charge in [0.05, 0.1) is 11.6 Å². The number of para-hydroxylation sites is 1. The van der Waals surface area contributed by atoms with Gasteiger partial charge in [-0.1, -0.05) is 31.4 Å². The molecule has 1 aliphatic heterocycles. The lowest BCUT2D eigenvalue weighted by atomic mass is 9.95. The summed E-state index contributed by atoms with van der Waals surface area (Å²) in [4.78, 5) is 25.8. The standard InChI is InChI=1S/C17H21FN2O2/c18-14-8-4-5-9-15(14)20-11-12(10-16(20)21)17(22)19-13-6-2-1-3-7-13/h4-5,8-9,12-13H,1-3,6-7,10-11H2,(H,19,22)/t12-/m1/s1. The average Bonchev–Trinajstić information content (AvgIpc) is 2.91. The van der Waals surface area contributed by atoms with Gasteiger partial charge in [0.1, 0.15) is 5.82 Å². The normalized spacial score (nSPS) is 22.9. The molecule has 1 N–H and O–H groups in total. The number of nitrogens with one attached hydrogen (secondary N) is 1. The fraction of sp³-hybridized carbons (Fsp3) is 0.529. The van der Waals surface area contributed by atoms with Gasteiger partial charge < -0.3 is 10.2 Å². The number of halogens is 1. The summed E-state index contributed by atoms with van der Waals surface area (Å²) in [5.74, 6) is -1.06. The third kappa shape index (κ3) is 3.13. The van der Waals surface area contributed by atoms with Crippen molar-refractivity contribution in [3.63, 3.8) is 0 Å². The van der Waals surface area contributed by atoms with E-state index in [1.165, 1.54) is 17.4 Å². The summed E-state index contributed by atoms with van der Waals surface area (Å²) in [6.45, 7) is 0.262. The second kappa shape index (κ2) is 6.46. The van der Waals surface area contributed by atoms with Gasteiger partial charge >= 0.3 is 0 Å². The van der Waals surface area contributed by atoms with Crippen LogP contribution in [0.25, 0.3) is 0 Å². The summed E-state index contributed by atoms with van der Waals surface area (Å²) in [5.41, 5.74) is 0.264. The molecule has 2 aliphatic rings. The molecule has 0 spiro atoms. The van der Waals surface area contributed by atoms with E-state index in [9.17, 15) is 14.0 Å². The maximum absolute atomic E-state index is 13.8. The molecule has 1 aliphatic carbocycles. The highest BCUT2D eigenvalue weighted by Crippen LogP contribution is 2.28. The molecule has 2 fully saturated rings. The second-order valence-corrected chi connectivity index (χ2v) is 6.20. The molecule has 118 valence electrons. The molecule has 5 heteroatoms. The number of anilines is 1. The first-order chi connectivity index (χ1) is 10.6. The maximum atomic E-state index is 13.8. The van der Waals surface area contributed by atoms with Gasteiger partial charge in [-0.3, -0.25) is 9.59 Å². The van der Waals surface area contributed by atoms with Crippen LogP contribution < -0.4 is 10.2 Å². The number of nitrogens with zero attached hydrogens (tertiary/aromatic N) is 1. The molecular weight excluding hydrogens is 283 g/mol. The number of hydrogen-bond donors (Lipinski definition) is 1. The van der Waals surface area contributed by atoms with Crippen molar-refractivity contribution < 1.29 is 14.0 Å². The summed E-state index contributed by atoms with van der Waals surface area (Å²) in [6.07, 6.45) is 5.72. The Bertz CT molecular complexity index is 570. The third-order valence-electron chi connectivity index (χ3n) is 4.59. The maximum Gasteiger partial charge on any atom is 0.227 e. The van der Waals surface area contributed by atoms with Crippen LogP contribution in [-0.2, 0) is 9.59 Å². The number of hydrogen-bond acceptors (Lipinski definition) is 2. The van der Waals surface area contributed by atoms with Crippen molar-refractivity contribution >= 4 is 17.5 Å². The van der Waals surface area contributed by atoms with E-state index in [0.717, 1.165) is 25.7 Å². The Morgan fingerprint density at radius 1 is 1.18 bits per heavy atom. The second-order valence-electron chi connectivity index (χ2n) is 6.20. The van der Waals surface area contributed by atoms with Crippen molar-refractivity contribution in [3.8, 4) is 0 Å². The molecule has 22 heavy (non-hydrogen) atoms. The van der Waals surface area contributed by atoms with Crippen molar-refractivity contribution in [2.24, 2.45) is 5.92 Å². The van der Waals surface area contributed by atoms with Crippen LogP contribution in [0.3, 0.4) is 0 Å². The van der Waals surface area contributed by atoms with Crippen LogP contribution >= 0.6 is 0 Å². The lowest BCUT2D eigenvalue weighted by Crippen LogP contribution is -2.40. The minimum absolute atomic E-state index is 0.0703. The topological polar surface area (TPSA) is 49.4 Å². The van der Waals surface area contributed by atoms with Crippen molar-refractivity contribution in [2.75, 3.05) is 11.4 Å². The molecule has 4 nitrogen and oxygen atoms in total. The monoisotopic (exact) mass is 304 g/mol. The summed E-state index contributed by atoms with van der Waals surface area (Å²) in [5, 5.41) is 3.06. The molecule has 3 rings (SSSR count). The minimum atomic E-state index is -0.427. The van der Waals surface area contributed by atoms with Gasteiger partial charge in [0.25, 0.3) is 0 Å².